The summed E-state index contributed by atoms with van der Waals surface area (Å²) in [4.78, 5) is 0. The summed E-state index contributed by atoms with van der Waals surface area (Å²) < 4.78 is 0. The maximum absolute atomic E-state index is 8.83. The van der Waals surface area contributed by atoms with Gasteiger partial charge in [-0.3, -0.25) is 0 Å². The Balaban J connectivity index is 0. The van der Waals surface area contributed by atoms with Gasteiger partial charge in [-0.15, -0.1) is 0 Å². The molecule has 0 aliphatic heterocycles. The average Bonchev–Trinajstić information content (AvgIpc) is 3.60. The second kappa shape index (κ2) is 16.7. The van der Waals surface area contributed by atoms with Gasteiger partial charge < -0.3 is 5.11 Å². The minimum atomic E-state index is 0. The predicted molar refractivity (Wildman–Crippen MR) is 147 cm³/mol. The van der Waals surface area contributed by atoms with Crippen molar-refractivity contribution in [3.05, 3.63) is 122 Å². The van der Waals surface area contributed by atoms with Gasteiger partial charge in [-0.25, -0.2) is 12.1 Å². The molecule has 1 N–H and O–H groups in total. The molecule has 194 valence electrons. The van der Waals surface area contributed by atoms with Gasteiger partial charge in [0, 0.05) is 22.6 Å². The number of aliphatic hydroxyl groups excluding tert-OH is 1. The molecule has 0 saturated heterocycles. The van der Waals surface area contributed by atoms with Gasteiger partial charge in [0.1, 0.15) is 0 Å². The van der Waals surface area contributed by atoms with Crippen molar-refractivity contribution in [2.24, 2.45) is 0 Å². The van der Waals surface area contributed by atoms with Crippen LogP contribution < -0.4 is 0 Å². The van der Waals surface area contributed by atoms with Crippen LogP contribution in [0.1, 0.15) is 62.6 Å². The van der Waals surface area contributed by atoms with E-state index in [0.29, 0.717) is 5.76 Å². The molecule has 0 fully saturated rings. The van der Waals surface area contributed by atoms with Crippen LogP contribution in [-0.4, -0.2) is 5.11 Å². The topological polar surface area (TPSA) is 20.2 Å². The second-order valence-corrected chi connectivity index (χ2v) is 8.97. The first kappa shape index (κ1) is 35.3. The first-order chi connectivity index (χ1) is 15.4. The van der Waals surface area contributed by atoms with Gasteiger partial charge in [0.2, 0.25) is 0 Å². The van der Waals surface area contributed by atoms with Gasteiger partial charge in [-0.2, -0.15) is 73.8 Å². The summed E-state index contributed by atoms with van der Waals surface area (Å²) in [5, 5.41) is 8.83. The number of allylic oxidation sites excluding steroid dienone is 6. The van der Waals surface area contributed by atoms with Gasteiger partial charge in [0.15, 0.2) is 0 Å². The Labute approximate surface area is 236 Å². The third kappa shape index (κ3) is 9.94. The van der Waals surface area contributed by atoms with Crippen molar-refractivity contribution in [1.29, 1.82) is 0 Å². The summed E-state index contributed by atoms with van der Waals surface area (Å²) in [7, 11) is 0. The molecule has 3 heteroatoms. The minimum absolute atomic E-state index is 0. The number of hydrogen-bond donors (Lipinski definition) is 1. The molecule has 3 aromatic rings. The van der Waals surface area contributed by atoms with Crippen LogP contribution >= 0.6 is 0 Å². The van der Waals surface area contributed by atoms with Crippen LogP contribution in [0.4, 0.5) is 0 Å². The molecule has 0 aromatic heterocycles. The molecule has 0 saturated carbocycles. The molecule has 4 rings (SSSR count). The van der Waals surface area contributed by atoms with Crippen LogP contribution in [0.3, 0.4) is 0 Å². The molecule has 1 aliphatic rings. The van der Waals surface area contributed by atoms with Crippen molar-refractivity contribution in [2.45, 2.75) is 76.2 Å². The van der Waals surface area contributed by atoms with Crippen LogP contribution in [0, 0.1) is 69.2 Å². The maximum Gasteiger partial charge on any atom is 2.00 e. The normalized spacial score (nSPS) is 10.7. The van der Waals surface area contributed by atoms with E-state index in [0.717, 1.165) is 5.57 Å². The monoisotopic (exact) mass is 555 g/mol. The zero-order valence-corrected chi connectivity index (χ0v) is 25.6. The Morgan fingerprint density at radius 2 is 0.943 bits per heavy atom. The SMILES string of the molecule is CC(O)=C1C=CC=C1.Cc1c(C)c(C)[c-](C)c1C.Cc1c(C)c(C)[c-](C)c1C.[Fe+2].[Fe].c1cc[cH-]c1. The Morgan fingerprint density at radius 1 is 0.657 bits per heavy atom. The minimum Gasteiger partial charge on any atom is -0.512 e. The largest absolute Gasteiger partial charge is 2.00 e. The van der Waals surface area contributed by atoms with E-state index < -0.39 is 0 Å². The Hall–Kier alpha value is -1.89. The van der Waals surface area contributed by atoms with Crippen LogP contribution in [0.5, 0.6) is 0 Å². The average molecular weight is 555 g/mol. The molecule has 3 aromatic carbocycles. The molecule has 0 bridgehead atoms. The van der Waals surface area contributed by atoms with E-state index in [1.165, 1.54) is 55.6 Å². The van der Waals surface area contributed by atoms with Crippen LogP contribution in [0.2, 0.25) is 0 Å². The summed E-state index contributed by atoms with van der Waals surface area (Å²) in [5.41, 5.74) is 15.6. The van der Waals surface area contributed by atoms with E-state index in [-0.39, 0.29) is 34.1 Å². The first-order valence-corrected chi connectivity index (χ1v) is 11.7. The number of aliphatic hydroxyl groups is 1. The van der Waals surface area contributed by atoms with Crippen molar-refractivity contribution in [1.82, 2.24) is 0 Å². The van der Waals surface area contributed by atoms with Gasteiger partial charge in [-0.05, 0) is 6.92 Å². The molecule has 0 amide bonds. The van der Waals surface area contributed by atoms with Gasteiger partial charge in [-0.1, -0.05) is 93.5 Å². The zero-order valence-electron chi connectivity index (χ0n) is 23.4. The van der Waals surface area contributed by atoms with Crippen molar-refractivity contribution >= 4 is 0 Å². The fraction of sp³-hybridized carbons (Fsp3) is 0.344. The first-order valence-electron chi connectivity index (χ1n) is 11.7. The smallest absolute Gasteiger partial charge is 0.512 e. The molecule has 1 nitrogen and oxygen atoms in total. The fourth-order valence-electron chi connectivity index (χ4n) is 3.75. The van der Waals surface area contributed by atoms with E-state index >= 15 is 0 Å². The third-order valence-corrected chi connectivity index (χ3v) is 7.26. The van der Waals surface area contributed by atoms with Gasteiger partial charge >= 0.3 is 17.1 Å². The van der Waals surface area contributed by atoms with Crippen molar-refractivity contribution in [3.63, 3.8) is 0 Å². The third-order valence-electron chi connectivity index (χ3n) is 7.26. The summed E-state index contributed by atoms with van der Waals surface area (Å²) >= 11 is 0. The van der Waals surface area contributed by atoms with Crippen molar-refractivity contribution in [3.8, 4) is 0 Å². The van der Waals surface area contributed by atoms with E-state index in [2.05, 4.69) is 69.2 Å². The van der Waals surface area contributed by atoms with Crippen LogP contribution in [0.15, 0.2) is 66.0 Å². The molecular weight excluding hydrogens is 512 g/mol. The van der Waals surface area contributed by atoms with Crippen molar-refractivity contribution < 1.29 is 39.2 Å². The van der Waals surface area contributed by atoms with Gasteiger partial charge in [0.05, 0.1) is 5.76 Å². The summed E-state index contributed by atoms with van der Waals surface area (Å²) in [5.74, 6) is 0.384. The number of rotatable bonds is 0. The summed E-state index contributed by atoms with van der Waals surface area (Å²) in [6, 6.07) is 10.0. The Bertz CT molecular complexity index is 862. The summed E-state index contributed by atoms with van der Waals surface area (Å²) in [6.45, 7) is 23.7. The van der Waals surface area contributed by atoms with Crippen LogP contribution in [-0.2, 0) is 34.1 Å². The molecule has 1 aliphatic carbocycles. The quantitative estimate of drug-likeness (QED) is 0.167. The van der Waals surface area contributed by atoms with Crippen LogP contribution in [0.25, 0.3) is 0 Å². The van der Waals surface area contributed by atoms with E-state index in [4.69, 9.17) is 5.11 Å². The maximum atomic E-state index is 8.83. The molecule has 0 spiro atoms. The standard InChI is InChI=1S/2C10H15.C7H8O.C5H5.2Fe/c2*1-6-7(2)9(4)10(5)8(6)3;1-6(8)7-4-2-3-5-7;1-2-4-5-3-1;;/h2*1-5H3;2-5,8H,1H3;1-5H;;/q2*-1;;-1;;+2. The Kier molecular flexibility index (Phi) is 16.9. The van der Waals surface area contributed by atoms with E-state index in [9.17, 15) is 0 Å². The zero-order chi connectivity index (χ0) is 25.3. The molecule has 0 radical (unpaired) electrons. The predicted octanol–water partition coefficient (Wildman–Crippen LogP) is 9.24. The van der Waals surface area contributed by atoms with Crippen molar-refractivity contribution in [2.75, 3.05) is 0 Å². The molecular formula is C32H43Fe2O-. The fourth-order valence-corrected chi connectivity index (χ4v) is 3.75. The molecule has 0 atom stereocenters. The van der Waals surface area contributed by atoms with E-state index in [1.807, 2.05) is 54.6 Å². The molecule has 0 unspecified atom stereocenters. The second-order valence-electron chi connectivity index (χ2n) is 8.97. The Morgan fingerprint density at radius 3 is 1.06 bits per heavy atom. The number of hydrogen-bond acceptors (Lipinski definition) is 1. The van der Waals surface area contributed by atoms with E-state index in [1.54, 1.807) is 6.92 Å². The summed E-state index contributed by atoms with van der Waals surface area (Å²) in [6.07, 6.45) is 7.54. The molecule has 0 heterocycles. The van der Waals surface area contributed by atoms with Gasteiger partial charge in [0.25, 0.3) is 0 Å². The molecule has 35 heavy (non-hydrogen) atoms.